The summed E-state index contributed by atoms with van der Waals surface area (Å²) in [7, 11) is 1.17. The van der Waals surface area contributed by atoms with E-state index in [0.717, 1.165) is 6.07 Å². The second kappa shape index (κ2) is 6.63. The molecule has 0 aliphatic carbocycles. The molecule has 20 heavy (non-hydrogen) atoms. The fraction of sp³-hybridized carbons (Fsp3) is 0.333. The Bertz CT molecular complexity index is 553. The van der Waals surface area contributed by atoms with Crippen LogP contribution in [0.25, 0.3) is 0 Å². The van der Waals surface area contributed by atoms with Crippen LogP contribution in [0.15, 0.2) is 17.0 Å². The van der Waals surface area contributed by atoms with E-state index >= 15 is 0 Å². The van der Waals surface area contributed by atoms with E-state index in [1.165, 1.54) is 13.2 Å². The number of hydrogen-bond acceptors (Lipinski definition) is 5. The summed E-state index contributed by atoms with van der Waals surface area (Å²) >= 11 is -0.346. The zero-order valence-corrected chi connectivity index (χ0v) is 11.3. The zero-order chi connectivity index (χ0) is 15.3. The predicted molar refractivity (Wildman–Crippen MR) is 66.7 cm³/mol. The number of alkyl halides is 3. The van der Waals surface area contributed by atoms with Crippen molar-refractivity contribution in [3.63, 3.8) is 0 Å². The molecule has 1 aromatic rings. The smallest absolute Gasteiger partial charge is 0.446 e. The van der Waals surface area contributed by atoms with Crippen molar-refractivity contribution in [2.45, 2.75) is 23.4 Å². The van der Waals surface area contributed by atoms with E-state index in [1.807, 2.05) is 0 Å². The molecule has 0 unspecified atom stereocenters. The van der Waals surface area contributed by atoms with Gasteiger partial charge in [-0.1, -0.05) is 0 Å². The first kappa shape index (κ1) is 16.3. The van der Waals surface area contributed by atoms with Crippen LogP contribution in [0.5, 0.6) is 0 Å². The first-order valence-electron chi connectivity index (χ1n) is 5.39. The van der Waals surface area contributed by atoms with Gasteiger partial charge in [0.15, 0.2) is 0 Å². The van der Waals surface area contributed by atoms with E-state index in [4.69, 9.17) is 11.0 Å². The highest BCUT2D eigenvalue weighted by atomic mass is 32.2. The summed E-state index contributed by atoms with van der Waals surface area (Å²) in [5.41, 5.74) is 1.66. The van der Waals surface area contributed by atoms with Gasteiger partial charge in [0.1, 0.15) is 0 Å². The summed E-state index contributed by atoms with van der Waals surface area (Å²) in [6.45, 7) is -0.0494. The van der Waals surface area contributed by atoms with Gasteiger partial charge in [0.05, 0.1) is 25.2 Å². The molecule has 0 fully saturated rings. The molecule has 0 amide bonds. The Morgan fingerprint density at radius 1 is 1.50 bits per heavy atom. The number of rotatable bonds is 4. The Morgan fingerprint density at radius 3 is 2.60 bits per heavy atom. The van der Waals surface area contributed by atoms with Gasteiger partial charge in [-0.2, -0.15) is 18.4 Å². The first-order valence-corrected chi connectivity index (χ1v) is 6.21. The summed E-state index contributed by atoms with van der Waals surface area (Å²) in [5, 5.41) is 8.98. The van der Waals surface area contributed by atoms with Crippen LogP contribution < -0.4 is 5.73 Å². The third-order valence-corrected chi connectivity index (χ3v) is 3.14. The fourth-order valence-corrected chi connectivity index (χ4v) is 2.27. The molecule has 0 spiro atoms. The van der Waals surface area contributed by atoms with Crippen molar-refractivity contribution in [3.8, 4) is 6.07 Å². The second-order valence-corrected chi connectivity index (χ2v) is 4.86. The van der Waals surface area contributed by atoms with Crippen LogP contribution in [-0.2, 0) is 22.5 Å². The molecule has 2 N–H and O–H groups in total. The number of carbonyl (C=O) groups is 1. The van der Waals surface area contributed by atoms with Crippen LogP contribution in [0.3, 0.4) is 0 Å². The van der Waals surface area contributed by atoms with Gasteiger partial charge in [0.2, 0.25) is 0 Å². The minimum Gasteiger partial charge on any atom is -0.469 e. The summed E-state index contributed by atoms with van der Waals surface area (Å²) in [6.07, 6.45) is -0.232. The minimum atomic E-state index is -4.47. The van der Waals surface area contributed by atoms with Crippen molar-refractivity contribution in [1.82, 2.24) is 0 Å². The molecule has 0 atom stereocenters. The van der Waals surface area contributed by atoms with Crippen molar-refractivity contribution >= 4 is 17.7 Å². The SMILES string of the molecule is COC(=O)Cc1cc(SC(F)(F)F)cc(C#N)c1CN. The molecule has 1 rings (SSSR count). The average molecular weight is 304 g/mol. The van der Waals surface area contributed by atoms with Crippen molar-refractivity contribution in [2.75, 3.05) is 7.11 Å². The molecular weight excluding hydrogens is 293 g/mol. The van der Waals surface area contributed by atoms with Gasteiger partial charge in [0.25, 0.3) is 0 Å². The third-order valence-electron chi connectivity index (χ3n) is 2.44. The molecule has 108 valence electrons. The lowest BCUT2D eigenvalue weighted by Gasteiger charge is -2.12. The number of nitrogens with two attached hydrogens (primary N) is 1. The van der Waals surface area contributed by atoms with Gasteiger partial charge >= 0.3 is 11.5 Å². The van der Waals surface area contributed by atoms with Gasteiger partial charge in [-0.15, -0.1) is 0 Å². The number of thioether (sulfide) groups is 1. The Hall–Kier alpha value is -1.72. The molecule has 0 saturated carbocycles. The number of ether oxygens (including phenoxy) is 1. The second-order valence-electron chi connectivity index (χ2n) is 3.73. The van der Waals surface area contributed by atoms with Crippen LogP contribution in [-0.4, -0.2) is 18.6 Å². The van der Waals surface area contributed by atoms with Gasteiger partial charge in [-0.25, -0.2) is 0 Å². The molecule has 1 aromatic carbocycles. The number of hydrogen-bond donors (Lipinski definition) is 1. The number of carbonyl (C=O) groups excluding carboxylic acids is 1. The zero-order valence-electron chi connectivity index (χ0n) is 10.5. The summed E-state index contributed by atoms with van der Waals surface area (Å²) < 4.78 is 41.6. The lowest BCUT2D eigenvalue weighted by molar-refractivity contribution is -0.139. The standard InChI is InChI=1S/C12H11F3N2O2S/c1-19-11(18)4-7-2-9(20-12(13,14)15)3-8(5-16)10(7)6-17/h2-3H,4,6,17H2,1H3. The van der Waals surface area contributed by atoms with Crippen molar-refractivity contribution in [3.05, 3.63) is 28.8 Å². The maximum atomic E-state index is 12.4. The quantitative estimate of drug-likeness (QED) is 0.682. The van der Waals surface area contributed by atoms with Gasteiger partial charge < -0.3 is 10.5 Å². The van der Waals surface area contributed by atoms with E-state index in [9.17, 15) is 18.0 Å². The number of halogens is 3. The number of nitriles is 1. The minimum absolute atomic E-state index is 0.0284. The molecule has 0 saturated heterocycles. The molecule has 0 aliphatic heterocycles. The molecule has 0 bridgehead atoms. The van der Waals surface area contributed by atoms with Gasteiger partial charge in [0, 0.05) is 11.4 Å². The van der Waals surface area contributed by atoms with Gasteiger partial charge in [-0.05, 0) is 35.0 Å². The normalized spacial score (nSPS) is 11.0. The van der Waals surface area contributed by atoms with Crippen LogP contribution in [0, 0.1) is 11.3 Å². The number of benzene rings is 1. The lowest BCUT2D eigenvalue weighted by atomic mass is 9.99. The van der Waals surface area contributed by atoms with Crippen LogP contribution in [0.2, 0.25) is 0 Å². The Labute approximate surface area is 117 Å². The molecule has 0 aromatic heterocycles. The molecule has 0 radical (unpaired) electrons. The van der Waals surface area contributed by atoms with Crippen molar-refractivity contribution in [1.29, 1.82) is 5.26 Å². The molecule has 8 heteroatoms. The Morgan fingerprint density at radius 2 is 2.15 bits per heavy atom. The number of methoxy groups -OCH3 is 1. The molecule has 0 heterocycles. The average Bonchev–Trinajstić information content (AvgIpc) is 2.35. The summed E-state index contributed by atoms with van der Waals surface area (Å²) in [4.78, 5) is 11.1. The van der Waals surface area contributed by atoms with E-state index in [-0.39, 0.29) is 40.7 Å². The van der Waals surface area contributed by atoms with Crippen molar-refractivity contribution < 1.29 is 22.7 Å². The Balaban J connectivity index is 3.28. The van der Waals surface area contributed by atoms with E-state index < -0.39 is 11.5 Å². The highest BCUT2D eigenvalue weighted by Crippen LogP contribution is 2.38. The van der Waals surface area contributed by atoms with E-state index in [0.29, 0.717) is 5.56 Å². The van der Waals surface area contributed by atoms with Crippen LogP contribution >= 0.6 is 11.8 Å². The predicted octanol–water partition coefficient (Wildman–Crippen LogP) is 2.34. The molecule has 4 nitrogen and oxygen atoms in total. The summed E-state index contributed by atoms with van der Waals surface area (Å²) in [6, 6.07) is 4.11. The van der Waals surface area contributed by atoms with Crippen LogP contribution in [0.1, 0.15) is 16.7 Å². The third kappa shape index (κ3) is 4.43. The first-order chi connectivity index (χ1) is 9.30. The lowest BCUT2D eigenvalue weighted by Crippen LogP contribution is -2.11. The van der Waals surface area contributed by atoms with E-state index in [1.54, 1.807) is 6.07 Å². The summed E-state index contributed by atoms with van der Waals surface area (Å²) in [5.74, 6) is -0.613. The number of esters is 1. The topological polar surface area (TPSA) is 76.1 Å². The van der Waals surface area contributed by atoms with Gasteiger partial charge in [-0.3, -0.25) is 4.79 Å². The monoisotopic (exact) mass is 304 g/mol. The highest BCUT2D eigenvalue weighted by Gasteiger charge is 2.30. The maximum absolute atomic E-state index is 12.4. The largest absolute Gasteiger partial charge is 0.469 e. The fourth-order valence-electron chi connectivity index (χ4n) is 1.62. The van der Waals surface area contributed by atoms with Crippen molar-refractivity contribution in [2.24, 2.45) is 5.73 Å². The van der Waals surface area contributed by atoms with Crippen LogP contribution in [0.4, 0.5) is 13.2 Å². The highest BCUT2D eigenvalue weighted by molar-refractivity contribution is 8.00. The Kier molecular flexibility index (Phi) is 5.42. The number of nitrogens with zero attached hydrogens (tertiary/aromatic N) is 1. The molecular formula is C12H11F3N2O2S. The molecule has 0 aliphatic rings. The van der Waals surface area contributed by atoms with E-state index in [2.05, 4.69) is 4.74 Å². The maximum Gasteiger partial charge on any atom is 0.446 e.